The Hall–Kier alpha value is -6.01. The molecule has 0 amide bonds. The molecule has 1 atom stereocenters. The van der Waals surface area contributed by atoms with Gasteiger partial charge >= 0.3 is 17.9 Å². The van der Waals surface area contributed by atoms with Crippen molar-refractivity contribution in [2.24, 2.45) is 0 Å². The second-order valence-electron chi connectivity index (χ2n) is 15.5. The van der Waals surface area contributed by atoms with Gasteiger partial charge in [-0.15, -0.1) is 0 Å². The van der Waals surface area contributed by atoms with Crippen molar-refractivity contribution in [2.45, 2.75) is 77.2 Å². The van der Waals surface area contributed by atoms with E-state index in [2.05, 4.69) is 46.9 Å². The van der Waals surface area contributed by atoms with Gasteiger partial charge in [-0.3, -0.25) is 0 Å². The van der Waals surface area contributed by atoms with Crippen molar-refractivity contribution in [2.75, 3.05) is 13.6 Å². The molecule has 0 N–H and O–H groups in total. The lowest BCUT2D eigenvalue weighted by atomic mass is 9.72. The number of aryl methyl sites for hydroxylation is 2. The Balaban J connectivity index is 1.24. The highest BCUT2D eigenvalue weighted by molar-refractivity contribution is 5.91. The number of rotatable bonds is 14. The molecule has 0 aromatic heterocycles. The number of halogens is 2. The Morgan fingerprint density at radius 1 is 0.684 bits per heavy atom. The normalized spacial score (nSPS) is 16.9. The largest absolute Gasteiger partial charge is 0.457 e. The van der Waals surface area contributed by atoms with Crippen LogP contribution in [0.15, 0.2) is 86.0 Å². The van der Waals surface area contributed by atoms with Gasteiger partial charge < -0.3 is 28.6 Å². The van der Waals surface area contributed by atoms with E-state index in [9.17, 15) is 18.8 Å². The van der Waals surface area contributed by atoms with Gasteiger partial charge in [0.2, 0.25) is 13.6 Å². The highest BCUT2D eigenvalue weighted by Crippen LogP contribution is 2.64. The third-order valence-corrected chi connectivity index (χ3v) is 10.5. The summed E-state index contributed by atoms with van der Waals surface area (Å²) in [6, 6.07) is 15.9. The van der Waals surface area contributed by atoms with Gasteiger partial charge in [0.15, 0.2) is 5.75 Å². The molecule has 2 aliphatic carbocycles. The zero-order valence-corrected chi connectivity index (χ0v) is 32.7. The molecule has 0 radical (unpaired) electrons. The molecule has 4 aromatic rings. The Bertz CT molecular complexity index is 2270. The minimum atomic E-state index is -0.880. The first kappa shape index (κ1) is 40.6. The predicted molar refractivity (Wildman–Crippen MR) is 205 cm³/mol. The van der Waals surface area contributed by atoms with Crippen LogP contribution in [0.3, 0.4) is 0 Å². The summed E-state index contributed by atoms with van der Waals surface area (Å²) in [6.45, 7) is 18.1. The molecular formula is C45H44F2O10. The van der Waals surface area contributed by atoms with Gasteiger partial charge in [0.1, 0.15) is 35.5 Å². The summed E-state index contributed by atoms with van der Waals surface area (Å²) in [7, 11) is 0. The molecule has 0 saturated carbocycles. The maximum Gasteiger partial charge on any atom is 0.346 e. The van der Waals surface area contributed by atoms with Crippen molar-refractivity contribution in [3.63, 3.8) is 0 Å². The van der Waals surface area contributed by atoms with E-state index in [4.69, 9.17) is 33.5 Å². The lowest BCUT2D eigenvalue weighted by Gasteiger charge is -2.30. The average molecular weight is 783 g/mol. The predicted octanol–water partition coefficient (Wildman–Crippen LogP) is 9.09. The third kappa shape index (κ3) is 8.27. The third-order valence-electron chi connectivity index (χ3n) is 10.5. The fourth-order valence-corrected chi connectivity index (χ4v) is 8.00. The molecule has 10 nitrogen and oxygen atoms in total. The number of carbonyl (C=O) groups excluding carboxylic acids is 3. The van der Waals surface area contributed by atoms with Crippen LogP contribution in [-0.4, -0.2) is 31.5 Å². The lowest BCUT2D eigenvalue weighted by molar-refractivity contribution is -0.218. The molecular weight excluding hydrogens is 738 g/mol. The number of hydrogen-bond acceptors (Lipinski definition) is 10. The molecule has 0 heterocycles. The Morgan fingerprint density at radius 3 is 1.72 bits per heavy atom. The fraction of sp³-hybridized carbons (Fsp3) is 0.311. The molecule has 298 valence electrons. The smallest absolute Gasteiger partial charge is 0.346 e. The topological polar surface area (TPSA) is 116 Å². The number of ether oxygens (including phenoxy) is 5. The van der Waals surface area contributed by atoms with Crippen molar-refractivity contribution in [3.8, 4) is 23.0 Å². The monoisotopic (exact) mass is 782 g/mol. The summed E-state index contributed by atoms with van der Waals surface area (Å²) in [4.78, 5) is 47.4. The van der Waals surface area contributed by atoms with Crippen molar-refractivity contribution in [1.29, 1.82) is 0 Å². The van der Waals surface area contributed by atoms with Gasteiger partial charge in [0.25, 0.3) is 0 Å². The molecule has 1 spiro atoms. The van der Waals surface area contributed by atoms with E-state index in [1.165, 1.54) is 24.3 Å². The number of hydrogen-bond donors (Lipinski definition) is 0. The molecule has 57 heavy (non-hydrogen) atoms. The lowest BCUT2D eigenvalue weighted by Crippen LogP contribution is -2.27. The average Bonchev–Trinajstić information content (AvgIpc) is 3.50. The first-order chi connectivity index (χ1) is 27.0. The molecule has 0 aliphatic heterocycles. The standard InChI is InChI=1S/C45H44F2O10/c1-9-40(48)53-24-51-29-12-11-28(36(46)17-29)21-55-57-39-20-35-33(16-27(39)4)44(7,8)23-45(35)22-43(5,6)32-15-26(3)38(19-34(32)45)56-42(50)31-14-13-30(18-37(31)47)52-25-54-41(49)10-2/h9-20H,1-2,21-25H2,3-8H3. The van der Waals surface area contributed by atoms with Crippen LogP contribution in [0, 0.1) is 25.5 Å². The fourth-order valence-electron chi connectivity index (χ4n) is 8.00. The Labute approximate surface area is 329 Å². The second kappa shape index (κ2) is 15.9. The van der Waals surface area contributed by atoms with E-state index < -0.39 is 48.5 Å². The van der Waals surface area contributed by atoms with Crippen LogP contribution >= 0.6 is 0 Å². The van der Waals surface area contributed by atoms with E-state index in [1.54, 1.807) is 0 Å². The Morgan fingerprint density at radius 2 is 1.19 bits per heavy atom. The summed E-state index contributed by atoms with van der Waals surface area (Å²) in [5.41, 5.74) is 4.82. The first-order valence-corrected chi connectivity index (χ1v) is 18.2. The van der Waals surface area contributed by atoms with Crippen LogP contribution in [-0.2, 0) is 46.8 Å². The summed E-state index contributed by atoms with van der Waals surface area (Å²) in [6.07, 6.45) is 3.50. The van der Waals surface area contributed by atoms with E-state index in [1.807, 2.05) is 32.0 Å². The van der Waals surface area contributed by atoms with Crippen LogP contribution in [0.4, 0.5) is 8.78 Å². The Kier molecular flexibility index (Phi) is 11.3. The van der Waals surface area contributed by atoms with E-state index in [-0.39, 0.29) is 40.1 Å². The van der Waals surface area contributed by atoms with Gasteiger partial charge in [-0.25, -0.2) is 23.2 Å². The van der Waals surface area contributed by atoms with Crippen molar-refractivity contribution < 1.29 is 56.6 Å². The van der Waals surface area contributed by atoms with Crippen LogP contribution < -0.4 is 19.1 Å². The molecule has 0 fully saturated rings. The SMILES string of the molecule is C=CC(=O)OCOc1ccc(COOc2cc3c(cc2C)C(C)(C)CC32CC(C)(C)c3cc(C)c(OC(=O)c4ccc(OCOC(=O)C=C)cc4F)cc32)c(F)c1. The van der Waals surface area contributed by atoms with Gasteiger partial charge in [-0.2, -0.15) is 4.89 Å². The molecule has 2 aliphatic rings. The second-order valence-corrected chi connectivity index (χ2v) is 15.5. The van der Waals surface area contributed by atoms with Crippen molar-refractivity contribution in [1.82, 2.24) is 0 Å². The number of benzene rings is 4. The van der Waals surface area contributed by atoms with Crippen LogP contribution in [0.1, 0.15) is 89.8 Å². The van der Waals surface area contributed by atoms with E-state index >= 15 is 4.39 Å². The van der Waals surface area contributed by atoms with E-state index in [0.29, 0.717) is 11.5 Å². The molecule has 12 heteroatoms. The van der Waals surface area contributed by atoms with Crippen LogP contribution in [0.25, 0.3) is 0 Å². The summed E-state index contributed by atoms with van der Waals surface area (Å²) in [5, 5.41) is 0. The molecule has 0 saturated heterocycles. The zero-order valence-electron chi connectivity index (χ0n) is 32.7. The minimum absolute atomic E-state index is 0.0589. The quantitative estimate of drug-likeness (QED) is 0.0306. The first-order valence-electron chi connectivity index (χ1n) is 18.2. The minimum Gasteiger partial charge on any atom is -0.457 e. The number of carbonyl (C=O) groups is 3. The molecule has 6 rings (SSSR count). The highest BCUT2D eigenvalue weighted by atomic mass is 19.1. The number of esters is 3. The van der Waals surface area contributed by atoms with Gasteiger partial charge in [0.05, 0.1) is 5.56 Å². The number of fused-ring (bicyclic) bond motifs is 4. The van der Waals surface area contributed by atoms with Gasteiger partial charge in [-0.1, -0.05) is 53.0 Å². The summed E-state index contributed by atoms with van der Waals surface area (Å²) >= 11 is 0. The van der Waals surface area contributed by atoms with Crippen LogP contribution in [0.2, 0.25) is 0 Å². The molecule has 4 aromatic carbocycles. The van der Waals surface area contributed by atoms with Crippen molar-refractivity contribution >= 4 is 17.9 Å². The maximum absolute atomic E-state index is 15.2. The zero-order chi connectivity index (χ0) is 41.3. The molecule has 1 unspecified atom stereocenters. The van der Waals surface area contributed by atoms with Gasteiger partial charge in [0, 0.05) is 35.3 Å². The van der Waals surface area contributed by atoms with Crippen LogP contribution in [0.5, 0.6) is 23.0 Å². The van der Waals surface area contributed by atoms with Crippen molar-refractivity contribution in [3.05, 3.63) is 142 Å². The van der Waals surface area contributed by atoms with Gasteiger partial charge in [-0.05, 0) is 107 Å². The highest BCUT2D eigenvalue weighted by Gasteiger charge is 2.56. The summed E-state index contributed by atoms with van der Waals surface area (Å²) in [5.74, 6) is -2.68. The maximum atomic E-state index is 15.2. The van der Waals surface area contributed by atoms with E-state index in [0.717, 1.165) is 70.5 Å². The molecule has 0 bridgehead atoms. The summed E-state index contributed by atoms with van der Waals surface area (Å²) < 4.78 is 56.0.